The monoisotopic (exact) mass is 160 g/mol. The van der Waals surface area contributed by atoms with Crippen molar-refractivity contribution in [1.29, 1.82) is 0 Å². The van der Waals surface area contributed by atoms with Crippen LogP contribution in [0.5, 0.6) is 0 Å². The van der Waals surface area contributed by atoms with E-state index in [1.165, 1.54) is 6.92 Å². The third-order valence-electron chi connectivity index (χ3n) is 1.54. The van der Waals surface area contributed by atoms with E-state index in [-0.39, 0.29) is 5.91 Å². The van der Waals surface area contributed by atoms with Crippen molar-refractivity contribution in [2.45, 2.75) is 33.6 Å². The maximum absolute atomic E-state index is 11.0. The normalized spacial score (nSPS) is 15.5. The van der Waals surface area contributed by atoms with Gasteiger partial charge in [0.05, 0.1) is 0 Å². The van der Waals surface area contributed by atoms with E-state index < -0.39 is 6.98 Å². The second-order valence-electron chi connectivity index (χ2n) is 3.21. The molecule has 0 aliphatic rings. The predicted molar refractivity (Wildman–Crippen MR) is 47.4 cm³/mol. The van der Waals surface area contributed by atoms with Gasteiger partial charge >= 0.3 is 0 Å². The van der Waals surface area contributed by atoms with Gasteiger partial charge < -0.3 is 4.90 Å². The highest BCUT2D eigenvalue weighted by Gasteiger charge is 2.01. The van der Waals surface area contributed by atoms with E-state index in [4.69, 9.17) is 4.11 Å². The Morgan fingerprint density at radius 3 is 2.64 bits per heavy atom. The summed E-state index contributed by atoms with van der Waals surface area (Å²) >= 11 is 0. The van der Waals surface area contributed by atoms with Crippen LogP contribution in [-0.2, 0) is 4.79 Å². The molecule has 0 aliphatic carbocycles. The van der Waals surface area contributed by atoms with Crippen LogP contribution in [-0.4, -0.2) is 24.3 Å². The fourth-order valence-corrected chi connectivity index (χ4v) is 0.815. The van der Waals surface area contributed by atoms with E-state index in [2.05, 4.69) is 13.8 Å². The minimum atomic E-state index is -2.29. The molecule has 0 heterocycles. The second-order valence-corrected chi connectivity index (χ2v) is 3.21. The number of nitrogens with zero attached hydrogens (tertiary/aromatic N) is 1. The summed E-state index contributed by atoms with van der Waals surface area (Å²) in [5.74, 6) is 0.161. The van der Waals surface area contributed by atoms with E-state index in [0.29, 0.717) is 12.5 Å². The second kappa shape index (κ2) is 5.16. The lowest BCUT2D eigenvalue weighted by atomic mass is 10.1. The van der Waals surface area contributed by atoms with Gasteiger partial charge in [-0.25, -0.2) is 0 Å². The Kier molecular flexibility index (Phi) is 2.83. The molecule has 0 spiro atoms. The molecular formula is C9H19NO. The van der Waals surface area contributed by atoms with E-state index >= 15 is 0 Å². The van der Waals surface area contributed by atoms with Crippen molar-refractivity contribution >= 4 is 5.91 Å². The molecule has 0 saturated heterocycles. The molecule has 0 aliphatic heterocycles. The number of hydrogen-bond acceptors (Lipinski definition) is 1. The van der Waals surface area contributed by atoms with Gasteiger partial charge in [-0.15, -0.1) is 0 Å². The summed E-state index contributed by atoms with van der Waals surface area (Å²) in [7, 11) is 0. The number of carbonyl (C=O) groups excluding carboxylic acids is 1. The van der Waals surface area contributed by atoms with Gasteiger partial charge in [0, 0.05) is 24.6 Å². The number of rotatable bonds is 4. The highest BCUT2D eigenvalue weighted by Crippen LogP contribution is 2.03. The first kappa shape index (κ1) is 6.04. The molecule has 0 aromatic carbocycles. The van der Waals surface area contributed by atoms with Gasteiger partial charge in [-0.3, -0.25) is 4.79 Å². The quantitative estimate of drug-likeness (QED) is 0.615. The van der Waals surface area contributed by atoms with Gasteiger partial charge in [0.2, 0.25) is 5.91 Å². The molecule has 2 heteroatoms. The Hall–Kier alpha value is -0.530. The van der Waals surface area contributed by atoms with Gasteiger partial charge in [-0.1, -0.05) is 13.8 Å². The lowest BCUT2D eigenvalue weighted by Crippen LogP contribution is -2.24. The van der Waals surface area contributed by atoms with Crippen LogP contribution in [0.25, 0.3) is 0 Å². The summed E-state index contributed by atoms with van der Waals surface area (Å²) in [4.78, 5) is 12.0. The Morgan fingerprint density at radius 2 is 2.27 bits per heavy atom. The van der Waals surface area contributed by atoms with Crippen LogP contribution in [0.1, 0.15) is 37.7 Å². The van der Waals surface area contributed by atoms with Gasteiger partial charge in [-0.2, -0.15) is 0 Å². The van der Waals surface area contributed by atoms with Gasteiger partial charge in [0.25, 0.3) is 0 Å². The highest BCUT2D eigenvalue weighted by molar-refractivity contribution is 5.72. The lowest BCUT2D eigenvalue weighted by Gasteiger charge is -2.14. The zero-order chi connectivity index (χ0) is 11.4. The molecule has 0 aromatic heterocycles. The predicted octanol–water partition coefficient (Wildman–Crippen LogP) is 1.90. The van der Waals surface area contributed by atoms with Gasteiger partial charge in [-0.05, 0) is 18.8 Å². The maximum Gasteiger partial charge on any atom is 0.219 e. The Morgan fingerprint density at radius 1 is 1.64 bits per heavy atom. The Bertz CT molecular complexity index is 189. The highest BCUT2D eigenvalue weighted by atomic mass is 16.2. The van der Waals surface area contributed by atoms with Crippen LogP contribution < -0.4 is 0 Å². The standard InChI is InChI=1S/C9H19NO/c1-8(2)6-5-7-10(4)9(3)11/h8H,5-7H2,1-4H3/i4D3. The molecule has 66 valence electrons. The van der Waals surface area contributed by atoms with Crippen molar-refractivity contribution in [3.63, 3.8) is 0 Å². The van der Waals surface area contributed by atoms with E-state index in [1.54, 1.807) is 0 Å². The maximum atomic E-state index is 11.0. The van der Waals surface area contributed by atoms with Crippen molar-refractivity contribution in [1.82, 2.24) is 4.90 Å². The number of hydrogen-bond donors (Lipinski definition) is 0. The summed E-state index contributed by atoms with van der Waals surface area (Å²) < 4.78 is 21.4. The topological polar surface area (TPSA) is 20.3 Å². The average Bonchev–Trinajstić information content (AvgIpc) is 1.94. The summed E-state index contributed by atoms with van der Waals surface area (Å²) in [6, 6.07) is 0. The van der Waals surface area contributed by atoms with E-state index in [9.17, 15) is 4.79 Å². The Labute approximate surface area is 73.8 Å². The van der Waals surface area contributed by atoms with Crippen LogP contribution in [0.4, 0.5) is 0 Å². The smallest absolute Gasteiger partial charge is 0.219 e. The van der Waals surface area contributed by atoms with Crippen LogP contribution in [0.15, 0.2) is 0 Å². The SMILES string of the molecule is [2H]C([2H])([2H])N(CCCC(C)C)C(C)=O. The van der Waals surface area contributed by atoms with Crippen molar-refractivity contribution in [3.8, 4) is 0 Å². The first-order chi connectivity index (χ1) is 6.25. The molecule has 1 amide bonds. The first-order valence-electron chi connectivity index (χ1n) is 5.53. The van der Waals surface area contributed by atoms with Crippen molar-refractivity contribution in [2.75, 3.05) is 13.5 Å². The molecule has 0 fully saturated rings. The lowest BCUT2D eigenvalue weighted by molar-refractivity contribution is -0.127. The van der Waals surface area contributed by atoms with Gasteiger partial charge in [0.15, 0.2) is 0 Å². The summed E-state index contributed by atoms with van der Waals surface area (Å²) in [6.45, 7) is 3.48. The minimum Gasteiger partial charge on any atom is -0.346 e. The molecule has 11 heavy (non-hydrogen) atoms. The van der Waals surface area contributed by atoms with Crippen LogP contribution in [0.3, 0.4) is 0 Å². The van der Waals surface area contributed by atoms with Crippen molar-refractivity contribution in [3.05, 3.63) is 0 Å². The molecule has 0 saturated carbocycles. The molecule has 0 N–H and O–H groups in total. The molecule has 0 atom stereocenters. The fourth-order valence-electron chi connectivity index (χ4n) is 0.815. The zero-order valence-electron chi connectivity index (χ0n) is 10.6. The summed E-state index contributed by atoms with van der Waals surface area (Å²) in [5.41, 5.74) is 0. The third-order valence-corrected chi connectivity index (χ3v) is 1.54. The Balaban J connectivity index is 4.07. The molecule has 0 aromatic rings. The van der Waals surface area contributed by atoms with Crippen molar-refractivity contribution in [2.24, 2.45) is 5.92 Å². The number of carbonyl (C=O) groups is 1. The van der Waals surface area contributed by atoms with E-state index in [1.807, 2.05) is 0 Å². The van der Waals surface area contributed by atoms with Crippen LogP contribution >= 0.6 is 0 Å². The molecular weight excluding hydrogens is 138 g/mol. The van der Waals surface area contributed by atoms with E-state index in [0.717, 1.165) is 17.7 Å². The molecule has 0 rings (SSSR count). The molecule has 0 radical (unpaired) electrons. The van der Waals surface area contributed by atoms with Crippen LogP contribution in [0, 0.1) is 5.92 Å². The zero-order valence-corrected chi connectivity index (χ0v) is 7.55. The fraction of sp³-hybridized carbons (Fsp3) is 0.889. The average molecular weight is 160 g/mol. The molecule has 0 bridgehead atoms. The molecule has 2 nitrogen and oxygen atoms in total. The largest absolute Gasteiger partial charge is 0.346 e. The first-order valence-corrected chi connectivity index (χ1v) is 4.03. The van der Waals surface area contributed by atoms with Crippen LogP contribution in [0.2, 0.25) is 0 Å². The number of amides is 1. The third kappa shape index (κ3) is 5.89. The summed E-state index contributed by atoms with van der Waals surface area (Å²) in [5, 5.41) is 0. The minimum absolute atomic E-state index is 0.323. The molecule has 0 unspecified atom stereocenters. The van der Waals surface area contributed by atoms with Crippen molar-refractivity contribution < 1.29 is 8.91 Å². The summed E-state index contributed by atoms with van der Waals surface area (Å²) in [6.07, 6.45) is 1.69. The van der Waals surface area contributed by atoms with Gasteiger partial charge in [0.1, 0.15) is 0 Å².